The molecule has 0 aliphatic carbocycles. The summed E-state index contributed by atoms with van der Waals surface area (Å²) < 4.78 is 34.3. The molecule has 0 aromatic heterocycles. The van der Waals surface area contributed by atoms with E-state index in [9.17, 15) is 18.0 Å². The lowest BCUT2D eigenvalue weighted by molar-refractivity contribution is -0.138. The van der Waals surface area contributed by atoms with E-state index in [0.29, 0.717) is 17.9 Å². The van der Waals surface area contributed by atoms with Gasteiger partial charge in [-0.15, -0.1) is 4.28 Å². The first-order valence-electron chi connectivity index (χ1n) is 6.02. The fraction of sp³-hybridized carbons (Fsp3) is 0.778. The number of urea groups is 1. The van der Waals surface area contributed by atoms with Crippen LogP contribution >= 0.6 is 0 Å². The molecular formula is C9H15N3O7S. The Hall–Kier alpha value is -1.43. The maximum Gasteiger partial charge on any atom is 0.418 e. The van der Waals surface area contributed by atoms with Crippen LogP contribution in [-0.4, -0.2) is 60.1 Å². The Morgan fingerprint density at radius 2 is 2.20 bits per heavy atom. The van der Waals surface area contributed by atoms with Crippen LogP contribution in [0, 0.1) is 0 Å². The number of nitrogens with zero attached hydrogens (tertiary/aromatic N) is 2. The lowest BCUT2D eigenvalue weighted by Crippen LogP contribution is -2.49. The van der Waals surface area contributed by atoms with Crippen molar-refractivity contribution in [3.8, 4) is 0 Å². The predicted octanol–water partition coefficient (Wildman–Crippen LogP) is -0.943. The minimum absolute atomic E-state index is 0.151. The van der Waals surface area contributed by atoms with Gasteiger partial charge in [0.15, 0.2) is 0 Å². The van der Waals surface area contributed by atoms with E-state index in [4.69, 9.17) is 9.39 Å². The smallest absolute Gasteiger partial charge is 0.309 e. The molecule has 2 bridgehead atoms. The molecule has 2 saturated heterocycles. The molecule has 20 heavy (non-hydrogen) atoms. The van der Waals surface area contributed by atoms with Crippen LogP contribution in [-0.2, 0) is 24.3 Å². The van der Waals surface area contributed by atoms with Gasteiger partial charge in [0, 0.05) is 6.54 Å². The predicted molar refractivity (Wildman–Crippen MR) is 63.2 cm³/mol. The second-order valence-corrected chi connectivity index (χ2v) is 5.41. The number of carbonyl (C=O) groups is 2. The molecule has 3 amide bonds. The lowest BCUT2D eigenvalue weighted by Gasteiger charge is -2.28. The molecule has 114 valence electrons. The van der Waals surface area contributed by atoms with Crippen LogP contribution in [0.15, 0.2) is 0 Å². The van der Waals surface area contributed by atoms with E-state index >= 15 is 0 Å². The lowest BCUT2D eigenvalue weighted by atomic mass is 10.0. The quantitative estimate of drug-likeness (QED) is 0.495. The first kappa shape index (κ1) is 15.0. The van der Waals surface area contributed by atoms with Crippen molar-refractivity contribution in [1.82, 2.24) is 15.4 Å². The van der Waals surface area contributed by atoms with Crippen molar-refractivity contribution >= 4 is 22.3 Å². The number of fused-ring (bicyclic) bond motifs is 2. The van der Waals surface area contributed by atoms with E-state index in [1.807, 2.05) is 0 Å². The van der Waals surface area contributed by atoms with Crippen LogP contribution in [0.4, 0.5) is 4.79 Å². The summed E-state index contributed by atoms with van der Waals surface area (Å²) in [5.74, 6) is -0.479. The van der Waals surface area contributed by atoms with Crippen molar-refractivity contribution < 1.29 is 31.7 Å². The largest absolute Gasteiger partial charge is 0.418 e. The first-order valence-corrected chi connectivity index (χ1v) is 7.38. The van der Waals surface area contributed by atoms with E-state index in [1.54, 1.807) is 6.92 Å². The second kappa shape index (κ2) is 5.52. The van der Waals surface area contributed by atoms with Gasteiger partial charge in [-0.05, 0) is 19.8 Å². The van der Waals surface area contributed by atoms with Crippen molar-refractivity contribution in [3.63, 3.8) is 0 Å². The molecule has 0 aromatic rings. The Kier molecular flexibility index (Phi) is 4.13. The first-order chi connectivity index (χ1) is 9.33. The second-order valence-electron chi connectivity index (χ2n) is 4.41. The highest BCUT2D eigenvalue weighted by molar-refractivity contribution is 7.80. The summed E-state index contributed by atoms with van der Waals surface area (Å²) in [6.07, 6.45) is 0.725. The Labute approximate surface area is 115 Å². The molecule has 2 fully saturated rings. The Bertz CT molecular complexity index is 508. The van der Waals surface area contributed by atoms with Gasteiger partial charge in [-0.3, -0.25) is 14.2 Å². The van der Waals surface area contributed by atoms with Crippen LogP contribution in [0.25, 0.3) is 0 Å². The van der Waals surface area contributed by atoms with Gasteiger partial charge in [-0.1, -0.05) is 0 Å². The van der Waals surface area contributed by atoms with Crippen LogP contribution < -0.4 is 5.48 Å². The van der Waals surface area contributed by atoms with Crippen molar-refractivity contribution in [2.45, 2.75) is 31.8 Å². The van der Waals surface area contributed by atoms with Gasteiger partial charge in [-0.2, -0.15) is 13.5 Å². The number of amides is 3. The molecule has 11 heteroatoms. The summed E-state index contributed by atoms with van der Waals surface area (Å²) >= 11 is 0. The van der Waals surface area contributed by atoms with Crippen molar-refractivity contribution in [2.75, 3.05) is 13.2 Å². The third-order valence-electron chi connectivity index (χ3n) is 3.12. The van der Waals surface area contributed by atoms with E-state index in [0.717, 1.165) is 0 Å². The maximum absolute atomic E-state index is 12.0. The van der Waals surface area contributed by atoms with Gasteiger partial charge >= 0.3 is 16.4 Å². The van der Waals surface area contributed by atoms with E-state index in [2.05, 4.69) is 9.76 Å². The molecule has 0 saturated carbocycles. The zero-order valence-electron chi connectivity index (χ0n) is 10.7. The molecule has 0 aromatic carbocycles. The molecule has 2 atom stereocenters. The van der Waals surface area contributed by atoms with Crippen molar-refractivity contribution in [3.05, 3.63) is 0 Å². The van der Waals surface area contributed by atoms with E-state index in [1.165, 1.54) is 4.90 Å². The summed E-state index contributed by atoms with van der Waals surface area (Å²) in [6, 6.07) is -2.04. The molecule has 2 aliphatic rings. The third-order valence-corrected chi connectivity index (χ3v) is 3.47. The highest BCUT2D eigenvalue weighted by Gasteiger charge is 2.49. The topological polar surface area (TPSA) is 125 Å². The molecular weight excluding hydrogens is 294 g/mol. The molecule has 10 nitrogen and oxygen atoms in total. The van der Waals surface area contributed by atoms with Gasteiger partial charge in [-0.25, -0.2) is 10.3 Å². The Balaban J connectivity index is 2.07. The van der Waals surface area contributed by atoms with Gasteiger partial charge in [0.25, 0.3) is 5.91 Å². The highest BCUT2D eigenvalue weighted by Crippen LogP contribution is 2.30. The van der Waals surface area contributed by atoms with Crippen LogP contribution in [0.2, 0.25) is 0 Å². The number of nitrogens with one attached hydrogen (secondary N) is 1. The van der Waals surface area contributed by atoms with Crippen molar-refractivity contribution in [2.24, 2.45) is 0 Å². The average Bonchev–Trinajstić information content (AvgIpc) is 2.60. The number of rotatable bonds is 5. The van der Waals surface area contributed by atoms with Crippen LogP contribution in [0.3, 0.4) is 0 Å². The summed E-state index contributed by atoms with van der Waals surface area (Å²) in [4.78, 5) is 29.8. The fourth-order valence-electron chi connectivity index (χ4n) is 2.32. The van der Waals surface area contributed by atoms with Crippen LogP contribution in [0.1, 0.15) is 19.8 Å². The minimum atomic E-state index is -4.78. The molecule has 0 radical (unpaired) electrons. The number of carbonyl (C=O) groups excluding carboxylic acids is 2. The number of piperidine rings is 1. The Morgan fingerprint density at radius 3 is 2.80 bits per heavy atom. The number of hydroxylamine groups is 3. The van der Waals surface area contributed by atoms with Crippen molar-refractivity contribution in [1.29, 1.82) is 0 Å². The van der Waals surface area contributed by atoms with E-state index in [-0.39, 0.29) is 13.2 Å². The van der Waals surface area contributed by atoms with Gasteiger partial charge in [0.1, 0.15) is 6.04 Å². The van der Waals surface area contributed by atoms with Gasteiger partial charge in [0.2, 0.25) is 0 Å². The zero-order valence-corrected chi connectivity index (χ0v) is 11.5. The van der Waals surface area contributed by atoms with Gasteiger partial charge in [0.05, 0.1) is 12.6 Å². The van der Waals surface area contributed by atoms with E-state index < -0.39 is 34.4 Å². The molecule has 2 N–H and O–H groups in total. The highest BCUT2D eigenvalue weighted by atomic mass is 32.3. The summed E-state index contributed by atoms with van der Waals surface area (Å²) in [5, 5.41) is 0.587. The normalized spacial score (nSPS) is 26.0. The van der Waals surface area contributed by atoms with Gasteiger partial charge < -0.3 is 4.90 Å². The third kappa shape index (κ3) is 3.00. The number of hydrogen-bond donors (Lipinski definition) is 2. The summed E-state index contributed by atoms with van der Waals surface area (Å²) in [5.41, 5.74) is 2.21. The minimum Gasteiger partial charge on any atom is -0.309 e. The monoisotopic (exact) mass is 309 g/mol. The molecule has 2 heterocycles. The molecule has 2 unspecified atom stereocenters. The standard InChI is InChI=1S/C9H15N3O7S/c1-2-18-10-8(13)7-4-3-6-5-11(7)9(14)12(6)19-20(15,16)17/h6-7H,2-5H2,1H3,(H,10,13)(H,15,16,17). The fourth-order valence-corrected chi connectivity index (χ4v) is 2.70. The molecule has 2 rings (SSSR count). The molecule has 2 aliphatic heterocycles. The SMILES string of the molecule is CCONC(=O)C1CCC2CN1C(=O)N2OS(=O)(=O)O. The summed E-state index contributed by atoms with van der Waals surface area (Å²) in [6.45, 7) is 2.13. The average molecular weight is 309 g/mol. The Morgan fingerprint density at radius 1 is 1.50 bits per heavy atom. The molecule has 0 spiro atoms. The summed E-state index contributed by atoms with van der Waals surface area (Å²) in [7, 11) is -4.78. The maximum atomic E-state index is 12.0. The zero-order chi connectivity index (χ0) is 14.9. The number of hydrogen-bond acceptors (Lipinski definition) is 6. The van der Waals surface area contributed by atoms with Crippen LogP contribution in [0.5, 0.6) is 0 Å².